The Bertz CT molecular complexity index is 2980. The first kappa shape index (κ1) is 47.2. The number of fused-ring (bicyclic) bond motifs is 2. The summed E-state index contributed by atoms with van der Waals surface area (Å²) < 4.78 is 35.4. The normalized spacial score (nSPS) is 12.0. The van der Waals surface area contributed by atoms with Crippen molar-refractivity contribution in [3.05, 3.63) is 76.8 Å². The standard InChI is InChI=1S/C41H44Cl2N14O5S3/c1-5-55(6-2)26-10-13-28(51-53-40-46-30-12-9-24(42)19-33(30)63-40)31(22-26)44-37-48-38(50-39(49-37)57(15-17-58)16-18-59)45-32-23-27(56(7-3)8-4)11-14-29(32)52-54-41-47-36-34(64-41)20-25(43)21-35(36)65(60,61)62/h9-14,19-23,58-59H,5-8,15-18H2,1-4H3,(H,60,61,62)(H2,44,45,48,49,50). The largest absolute Gasteiger partial charge is 0.395 e. The van der Waals surface area contributed by atoms with Crippen molar-refractivity contribution in [2.75, 3.05) is 77.8 Å². The van der Waals surface area contributed by atoms with E-state index in [0.29, 0.717) is 50.7 Å². The summed E-state index contributed by atoms with van der Waals surface area (Å²) in [7, 11) is -4.64. The second kappa shape index (κ2) is 21.1. The molecule has 4 aromatic carbocycles. The summed E-state index contributed by atoms with van der Waals surface area (Å²) in [6.07, 6.45) is 0. The number of thiazole rings is 2. The summed E-state index contributed by atoms with van der Waals surface area (Å²) in [6, 6.07) is 19.3. The number of nitrogens with zero attached hydrogens (tertiary/aromatic N) is 12. The molecule has 5 N–H and O–H groups in total. The van der Waals surface area contributed by atoms with E-state index in [9.17, 15) is 23.2 Å². The Balaban J connectivity index is 1.31. The van der Waals surface area contributed by atoms with Crippen molar-refractivity contribution >= 4 is 139 Å². The minimum Gasteiger partial charge on any atom is -0.395 e. The van der Waals surface area contributed by atoms with Crippen LogP contribution in [-0.4, -0.2) is 101 Å². The second-order valence-electron chi connectivity index (χ2n) is 13.9. The van der Waals surface area contributed by atoms with E-state index in [4.69, 9.17) is 38.2 Å². The van der Waals surface area contributed by atoms with Crippen LogP contribution in [0.3, 0.4) is 0 Å². The van der Waals surface area contributed by atoms with Gasteiger partial charge in [0.05, 0.1) is 39.5 Å². The molecule has 7 aromatic rings. The van der Waals surface area contributed by atoms with Crippen LogP contribution in [0.5, 0.6) is 0 Å². The van der Waals surface area contributed by atoms with E-state index in [1.807, 2.05) is 56.3 Å². The molecule has 0 unspecified atom stereocenters. The van der Waals surface area contributed by atoms with Crippen molar-refractivity contribution in [2.45, 2.75) is 32.6 Å². The topological polar surface area (TPSA) is 242 Å². The van der Waals surface area contributed by atoms with E-state index in [2.05, 4.69) is 64.7 Å². The molecule has 0 spiro atoms. The van der Waals surface area contributed by atoms with Gasteiger partial charge in [-0.25, -0.2) is 9.97 Å². The van der Waals surface area contributed by atoms with E-state index >= 15 is 0 Å². The average Bonchev–Trinajstić information content (AvgIpc) is 3.89. The highest BCUT2D eigenvalue weighted by molar-refractivity contribution is 7.86. The number of nitrogens with one attached hydrogen (secondary N) is 2. The molecule has 0 amide bonds. The second-order valence-corrected chi connectivity index (χ2v) is 18.2. The lowest BCUT2D eigenvalue weighted by Gasteiger charge is -2.24. The Kier molecular flexibility index (Phi) is 15.3. The van der Waals surface area contributed by atoms with Gasteiger partial charge in [-0.1, -0.05) is 45.9 Å². The molecule has 0 saturated carbocycles. The number of azo groups is 2. The molecular formula is C41H44Cl2N14O5S3. The van der Waals surface area contributed by atoms with Crippen molar-refractivity contribution < 1.29 is 23.2 Å². The maximum Gasteiger partial charge on any atom is 0.296 e. The van der Waals surface area contributed by atoms with Gasteiger partial charge in [0.2, 0.25) is 28.1 Å². The summed E-state index contributed by atoms with van der Waals surface area (Å²) in [5, 5.41) is 45.8. The van der Waals surface area contributed by atoms with Crippen LogP contribution in [0.4, 0.5) is 62.2 Å². The molecule has 24 heteroatoms. The maximum absolute atomic E-state index is 12.1. The molecule has 0 aliphatic carbocycles. The van der Waals surface area contributed by atoms with Crippen LogP contribution in [0.25, 0.3) is 20.4 Å². The van der Waals surface area contributed by atoms with Crippen molar-refractivity contribution in [3.63, 3.8) is 0 Å². The van der Waals surface area contributed by atoms with Crippen LogP contribution in [0.1, 0.15) is 27.7 Å². The number of hydrogen-bond acceptors (Lipinski definition) is 20. The van der Waals surface area contributed by atoms with Gasteiger partial charge < -0.3 is 35.5 Å². The van der Waals surface area contributed by atoms with Crippen molar-refractivity contribution in [2.24, 2.45) is 20.5 Å². The molecule has 0 radical (unpaired) electrons. The van der Waals surface area contributed by atoms with Crippen LogP contribution in [0.15, 0.2) is 92.1 Å². The highest BCUT2D eigenvalue weighted by atomic mass is 35.5. The minimum absolute atomic E-state index is 0.00788. The Morgan fingerprint density at radius 3 is 1.66 bits per heavy atom. The van der Waals surface area contributed by atoms with Gasteiger partial charge in [-0.3, -0.25) is 4.55 Å². The first-order valence-electron chi connectivity index (χ1n) is 20.3. The first-order chi connectivity index (χ1) is 31.3. The molecule has 0 aliphatic rings. The molecule has 3 heterocycles. The summed E-state index contributed by atoms with van der Waals surface area (Å²) in [4.78, 5) is 28.7. The lowest BCUT2D eigenvalue weighted by Crippen LogP contribution is -2.31. The van der Waals surface area contributed by atoms with Gasteiger partial charge in [-0.2, -0.15) is 23.4 Å². The summed E-state index contributed by atoms with van der Waals surface area (Å²) in [5.74, 6) is 0.331. The lowest BCUT2D eigenvalue weighted by atomic mass is 10.2. The van der Waals surface area contributed by atoms with Crippen LogP contribution in [-0.2, 0) is 10.1 Å². The zero-order valence-corrected chi connectivity index (χ0v) is 39.5. The van der Waals surface area contributed by atoms with Crippen LogP contribution >= 0.6 is 45.9 Å². The van der Waals surface area contributed by atoms with E-state index in [0.717, 1.165) is 52.1 Å². The van der Waals surface area contributed by atoms with Crippen molar-refractivity contribution in [1.82, 2.24) is 24.9 Å². The Hall–Kier alpha value is -5.72. The molecule has 65 heavy (non-hydrogen) atoms. The fourth-order valence-corrected chi connectivity index (χ4v) is 9.73. The monoisotopic (exact) mass is 978 g/mol. The van der Waals surface area contributed by atoms with Crippen LogP contribution in [0.2, 0.25) is 10.0 Å². The zero-order valence-electron chi connectivity index (χ0n) is 35.5. The molecule has 340 valence electrons. The van der Waals surface area contributed by atoms with Gasteiger partial charge >= 0.3 is 0 Å². The molecule has 7 rings (SSSR count). The highest BCUT2D eigenvalue weighted by Gasteiger charge is 2.21. The van der Waals surface area contributed by atoms with Crippen LogP contribution < -0.4 is 25.3 Å². The molecule has 0 fully saturated rings. The molecule has 0 aliphatic heterocycles. The fraction of sp³-hybridized carbons (Fsp3) is 0.293. The number of hydrogen-bond donors (Lipinski definition) is 5. The predicted octanol–water partition coefficient (Wildman–Crippen LogP) is 10.4. The number of anilines is 7. The van der Waals surface area contributed by atoms with Gasteiger partial charge in [-0.15, -0.1) is 20.5 Å². The third-order valence-corrected chi connectivity index (χ3v) is 13.0. The number of rotatable bonds is 20. The lowest BCUT2D eigenvalue weighted by molar-refractivity contribution is 0.280. The third kappa shape index (κ3) is 11.4. The van der Waals surface area contributed by atoms with Crippen molar-refractivity contribution in [3.8, 4) is 0 Å². The van der Waals surface area contributed by atoms with Gasteiger partial charge in [0, 0.05) is 60.7 Å². The quantitative estimate of drug-likeness (QED) is 0.0352. The molecule has 0 saturated heterocycles. The number of aliphatic hydroxyl groups excluding tert-OH is 2. The van der Waals surface area contributed by atoms with Crippen LogP contribution in [0, 0.1) is 0 Å². The summed E-state index contributed by atoms with van der Waals surface area (Å²) in [6.45, 7) is 10.8. The molecule has 0 bridgehead atoms. The van der Waals surface area contributed by atoms with E-state index in [1.165, 1.54) is 17.4 Å². The Labute approximate surface area is 392 Å². The summed E-state index contributed by atoms with van der Waals surface area (Å²) >= 11 is 14.8. The Morgan fingerprint density at radius 2 is 1.14 bits per heavy atom. The maximum atomic E-state index is 12.1. The molecule has 3 aromatic heterocycles. The van der Waals surface area contributed by atoms with E-state index < -0.39 is 15.0 Å². The Morgan fingerprint density at radius 1 is 0.615 bits per heavy atom. The smallest absolute Gasteiger partial charge is 0.296 e. The summed E-state index contributed by atoms with van der Waals surface area (Å²) in [5.41, 5.74) is 4.30. The molecule has 0 atom stereocenters. The fourth-order valence-electron chi connectivity index (χ4n) is 6.72. The number of halogens is 2. The third-order valence-electron chi connectivity index (χ3n) is 9.87. The van der Waals surface area contributed by atoms with Gasteiger partial charge in [-0.05, 0) is 94.4 Å². The number of aliphatic hydroxyl groups is 2. The van der Waals surface area contributed by atoms with Gasteiger partial charge in [0.1, 0.15) is 21.8 Å². The van der Waals surface area contributed by atoms with Gasteiger partial charge in [0.15, 0.2) is 0 Å². The predicted molar refractivity (Wildman–Crippen MR) is 260 cm³/mol. The zero-order chi connectivity index (χ0) is 46.3. The number of benzene rings is 4. The SMILES string of the molecule is CCN(CC)c1ccc(N=Nc2nc3ccc(Cl)cc3s2)c(Nc2nc(Nc3cc(N(CC)CC)ccc3N=Nc3nc4c(S(=O)(=O)O)cc(Cl)cc4s3)nc(N(CCO)CCO)n2)c1. The highest BCUT2D eigenvalue weighted by Crippen LogP contribution is 2.39. The average molecular weight is 980 g/mol. The van der Waals surface area contributed by atoms with Crippen molar-refractivity contribution in [1.29, 1.82) is 0 Å². The van der Waals surface area contributed by atoms with E-state index in [-0.39, 0.29) is 59.8 Å². The number of aromatic nitrogens is 5. The minimum atomic E-state index is -4.64. The first-order valence-corrected chi connectivity index (χ1v) is 24.2. The molecule has 19 nitrogen and oxygen atoms in total. The molecular weight excluding hydrogens is 936 g/mol. The van der Waals surface area contributed by atoms with Gasteiger partial charge in [0.25, 0.3) is 10.1 Å². The van der Waals surface area contributed by atoms with E-state index in [1.54, 1.807) is 17.0 Å².